The number of carbonyl (C=O) groups is 2. The highest BCUT2D eigenvalue weighted by Gasteiger charge is 2.07. The fourth-order valence-electron chi connectivity index (χ4n) is 0.803. The molecule has 7 nitrogen and oxygen atoms in total. The van der Waals surface area contributed by atoms with Gasteiger partial charge in [-0.25, -0.2) is 9.59 Å². The maximum atomic E-state index is 10.8. The summed E-state index contributed by atoms with van der Waals surface area (Å²) in [4.78, 5) is 21.6. The van der Waals surface area contributed by atoms with E-state index in [1.807, 2.05) is 0 Å². The van der Waals surface area contributed by atoms with Crippen LogP contribution < -0.4 is 0 Å². The molecule has 0 aromatic rings. The maximum Gasteiger partial charge on any atom is 0.508 e. The molecule has 0 amide bonds. The molecule has 1 rings (SSSR count). The van der Waals surface area contributed by atoms with E-state index in [4.69, 9.17) is 4.74 Å². The van der Waals surface area contributed by atoms with Gasteiger partial charge in [-0.2, -0.15) is 0 Å². The summed E-state index contributed by atoms with van der Waals surface area (Å²) in [5, 5.41) is 0. The minimum atomic E-state index is -0.810. The molecule has 0 saturated carbocycles. The van der Waals surface area contributed by atoms with E-state index in [-0.39, 0.29) is 39.6 Å². The number of hydrogen-bond donors (Lipinski definition) is 0. The van der Waals surface area contributed by atoms with Gasteiger partial charge in [-0.3, -0.25) is 0 Å². The second-order valence-electron chi connectivity index (χ2n) is 2.51. The molecule has 1 heterocycles. The molecule has 0 aliphatic carbocycles. The van der Waals surface area contributed by atoms with Gasteiger partial charge < -0.3 is 23.7 Å². The summed E-state index contributed by atoms with van der Waals surface area (Å²) in [5.74, 6) is 0. The summed E-state index contributed by atoms with van der Waals surface area (Å²) in [7, 11) is 0. The Morgan fingerprint density at radius 3 is 1.33 bits per heavy atom. The summed E-state index contributed by atoms with van der Waals surface area (Å²) in [6, 6.07) is 0. The average molecular weight is 220 g/mol. The van der Waals surface area contributed by atoms with Crippen LogP contribution in [0.25, 0.3) is 0 Å². The van der Waals surface area contributed by atoms with Crippen LogP contribution in [-0.2, 0) is 23.7 Å². The first-order chi connectivity index (χ1) is 7.29. The van der Waals surface area contributed by atoms with Crippen molar-refractivity contribution in [3.8, 4) is 0 Å². The van der Waals surface area contributed by atoms with Gasteiger partial charge in [0.25, 0.3) is 0 Å². The molecule has 0 atom stereocenters. The standard InChI is InChI=1S/C8H12O7/c9-7-12-3-1-11-2-4-13-8(10)15-6-5-14-7/h1-6H2. The highest BCUT2D eigenvalue weighted by molar-refractivity contribution is 5.60. The third-order valence-corrected chi connectivity index (χ3v) is 1.42. The molecular formula is C8H12O7. The number of ether oxygens (including phenoxy) is 5. The third kappa shape index (κ3) is 5.74. The minimum absolute atomic E-state index is 0.0607. The van der Waals surface area contributed by atoms with Crippen molar-refractivity contribution in [2.45, 2.75) is 0 Å². The molecule has 1 saturated heterocycles. The molecule has 0 radical (unpaired) electrons. The van der Waals surface area contributed by atoms with Crippen molar-refractivity contribution in [1.82, 2.24) is 0 Å². The summed E-state index contributed by atoms with van der Waals surface area (Å²) < 4.78 is 23.3. The lowest BCUT2D eigenvalue weighted by Gasteiger charge is -2.05. The van der Waals surface area contributed by atoms with Gasteiger partial charge in [-0.05, 0) is 0 Å². The van der Waals surface area contributed by atoms with Crippen molar-refractivity contribution in [2.24, 2.45) is 0 Å². The van der Waals surface area contributed by atoms with Crippen LogP contribution in [0.15, 0.2) is 0 Å². The van der Waals surface area contributed by atoms with Crippen LogP contribution in [-0.4, -0.2) is 52.0 Å². The van der Waals surface area contributed by atoms with Crippen LogP contribution in [0.3, 0.4) is 0 Å². The first-order valence-electron chi connectivity index (χ1n) is 4.46. The highest BCUT2D eigenvalue weighted by atomic mass is 16.8. The van der Waals surface area contributed by atoms with Crippen molar-refractivity contribution in [3.63, 3.8) is 0 Å². The van der Waals surface area contributed by atoms with Gasteiger partial charge in [0.15, 0.2) is 0 Å². The van der Waals surface area contributed by atoms with Crippen LogP contribution in [0.2, 0.25) is 0 Å². The predicted molar refractivity (Wildman–Crippen MR) is 45.4 cm³/mol. The average Bonchev–Trinajstić information content (AvgIpc) is 2.23. The van der Waals surface area contributed by atoms with Crippen molar-refractivity contribution in [3.05, 3.63) is 0 Å². The summed E-state index contributed by atoms with van der Waals surface area (Å²) >= 11 is 0. The first kappa shape index (κ1) is 11.6. The Hall–Kier alpha value is -1.50. The maximum absolute atomic E-state index is 10.8. The van der Waals surface area contributed by atoms with E-state index in [9.17, 15) is 9.59 Å². The van der Waals surface area contributed by atoms with Crippen LogP contribution in [0.4, 0.5) is 9.59 Å². The molecule has 1 aliphatic heterocycles. The number of hydrogen-bond acceptors (Lipinski definition) is 7. The molecule has 1 fully saturated rings. The van der Waals surface area contributed by atoms with Gasteiger partial charge in [0.05, 0.1) is 13.2 Å². The smallest absolute Gasteiger partial charge is 0.432 e. The molecule has 0 N–H and O–H groups in total. The van der Waals surface area contributed by atoms with Gasteiger partial charge in [0.1, 0.15) is 26.4 Å². The molecule has 86 valence electrons. The fraction of sp³-hybridized carbons (Fsp3) is 0.750. The van der Waals surface area contributed by atoms with Gasteiger partial charge in [0.2, 0.25) is 0 Å². The van der Waals surface area contributed by atoms with E-state index in [0.29, 0.717) is 0 Å². The van der Waals surface area contributed by atoms with Crippen LogP contribution >= 0.6 is 0 Å². The number of cyclic esters (lactones) is 4. The lowest BCUT2D eigenvalue weighted by molar-refractivity contribution is 0.0224. The first-order valence-corrected chi connectivity index (χ1v) is 4.46. The summed E-state index contributed by atoms with van der Waals surface area (Å²) in [6.45, 7) is 0.547. The molecule has 0 spiro atoms. The van der Waals surface area contributed by atoms with Gasteiger partial charge in [-0.15, -0.1) is 0 Å². The zero-order chi connectivity index (χ0) is 10.9. The third-order valence-electron chi connectivity index (χ3n) is 1.42. The summed E-state index contributed by atoms with van der Waals surface area (Å²) in [5.41, 5.74) is 0. The monoisotopic (exact) mass is 220 g/mol. The van der Waals surface area contributed by atoms with Gasteiger partial charge in [-0.1, -0.05) is 0 Å². The molecule has 15 heavy (non-hydrogen) atoms. The summed E-state index contributed by atoms with van der Waals surface area (Å²) in [6.07, 6.45) is -1.62. The Labute approximate surface area is 86.2 Å². The zero-order valence-electron chi connectivity index (χ0n) is 8.10. The SMILES string of the molecule is O=C1OCCOCCOC(=O)OCCO1. The van der Waals surface area contributed by atoms with E-state index in [0.717, 1.165) is 0 Å². The van der Waals surface area contributed by atoms with E-state index in [1.165, 1.54) is 0 Å². The van der Waals surface area contributed by atoms with Gasteiger partial charge in [0, 0.05) is 0 Å². The Kier molecular flexibility index (Phi) is 5.31. The van der Waals surface area contributed by atoms with Crippen LogP contribution in [0, 0.1) is 0 Å². The molecule has 0 aromatic carbocycles. The lowest BCUT2D eigenvalue weighted by atomic mass is 10.7. The quantitative estimate of drug-likeness (QED) is 0.544. The second-order valence-corrected chi connectivity index (χ2v) is 2.51. The highest BCUT2D eigenvalue weighted by Crippen LogP contribution is 1.91. The molecule has 7 heteroatoms. The largest absolute Gasteiger partial charge is 0.508 e. The fourth-order valence-corrected chi connectivity index (χ4v) is 0.803. The predicted octanol–water partition coefficient (Wildman–Crippen LogP) is 0.323. The topological polar surface area (TPSA) is 80.3 Å². The van der Waals surface area contributed by atoms with Crippen molar-refractivity contribution in [1.29, 1.82) is 0 Å². The van der Waals surface area contributed by atoms with Crippen LogP contribution in [0.1, 0.15) is 0 Å². The van der Waals surface area contributed by atoms with E-state index in [1.54, 1.807) is 0 Å². The molecule has 0 bridgehead atoms. The zero-order valence-corrected chi connectivity index (χ0v) is 8.10. The van der Waals surface area contributed by atoms with Gasteiger partial charge >= 0.3 is 12.3 Å². The van der Waals surface area contributed by atoms with Crippen molar-refractivity contribution >= 4 is 12.3 Å². The number of carbonyl (C=O) groups excluding carboxylic acids is 2. The minimum Gasteiger partial charge on any atom is -0.432 e. The van der Waals surface area contributed by atoms with E-state index >= 15 is 0 Å². The lowest BCUT2D eigenvalue weighted by Crippen LogP contribution is -2.15. The molecule has 0 aromatic heterocycles. The van der Waals surface area contributed by atoms with Crippen molar-refractivity contribution in [2.75, 3.05) is 39.6 Å². The normalized spacial score (nSPS) is 20.5. The van der Waals surface area contributed by atoms with Crippen LogP contribution in [0.5, 0.6) is 0 Å². The molecular weight excluding hydrogens is 208 g/mol. The molecule has 1 aliphatic rings. The van der Waals surface area contributed by atoms with Crippen molar-refractivity contribution < 1.29 is 33.3 Å². The Bertz CT molecular complexity index is 193. The Balaban J connectivity index is 2.27. The van der Waals surface area contributed by atoms with E-state index in [2.05, 4.69) is 18.9 Å². The molecule has 0 unspecified atom stereocenters. The second kappa shape index (κ2) is 6.88. The number of rotatable bonds is 0. The Morgan fingerprint density at radius 1 is 0.600 bits per heavy atom. The van der Waals surface area contributed by atoms with E-state index < -0.39 is 12.3 Å². The Morgan fingerprint density at radius 2 is 0.933 bits per heavy atom.